The van der Waals surface area contributed by atoms with Gasteiger partial charge in [-0.05, 0) is 61.3 Å². The van der Waals surface area contributed by atoms with Gasteiger partial charge in [-0.15, -0.1) is 0 Å². The number of rotatable bonds is 2. The Bertz CT molecular complexity index is 486. The lowest BCUT2D eigenvalue weighted by Crippen LogP contribution is -2.38. The zero-order chi connectivity index (χ0) is 13.4. The smallest absolute Gasteiger partial charge is 0.254 e. The van der Waals surface area contributed by atoms with Crippen molar-refractivity contribution in [2.45, 2.75) is 38.5 Å². The Labute approximate surface area is 114 Å². The maximum absolute atomic E-state index is 12.7. The lowest BCUT2D eigenvalue weighted by Gasteiger charge is -2.31. The molecule has 0 radical (unpaired) electrons. The van der Waals surface area contributed by atoms with E-state index in [1.54, 1.807) is 0 Å². The third-order valence-electron chi connectivity index (χ3n) is 4.39. The summed E-state index contributed by atoms with van der Waals surface area (Å²) in [5.41, 5.74) is 8.68. The van der Waals surface area contributed by atoms with Crippen LogP contribution in [-0.2, 0) is 0 Å². The molecule has 1 amide bonds. The van der Waals surface area contributed by atoms with Gasteiger partial charge in [0.2, 0.25) is 0 Å². The first-order valence-electron chi connectivity index (χ1n) is 7.34. The third kappa shape index (κ3) is 2.60. The second kappa shape index (κ2) is 4.87. The lowest BCUT2D eigenvalue weighted by atomic mass is 9.96. The van der Waals surface area contributed by atoms with Crippen molar-refractivity contribution in [1.29, 1.82) is 0 Å². The summed E-state index contributed by atoms with van der Waals surface area (Å²) in [6.07, 6.45) is 4.64. The van der Waals surface area contributed by atoms with E-state index in [0.29, 0.717) is 5.92 Å². The maximum Gasteiger partial charge on any atom is 0.254 e. The molecule has 1 saturated carbocycles. The number of hydrogen-bond donors (Lipinski definition) is 1. The summed E-state index contributed by atoms with van der Waals surface area (Å²) in [5.74, 6) is 1.51. The van der Waals surface area contributed by atoms with Crippen molar-refractivity contribution in [3.05, 3.63) is 29.3 Å². The van der Waals surface area contributed by atoms with E-state index in [9.17, 15) is 4.79 Å². The van der Waals surface area contributed by atoms with Crippen LogP contribution in [0.15, 0.2) is 18.2 Å². The highest BCUT2D eigenvalue weighted by molar-refractivity contribution is 5.96. The zero-order valence-corrected chi connectivity index (χ0v) is 11.6. The minimum absolute atomic E-state index is 0.203. The topological polar surface area (TPSA) is 46.3 Å². The first kappa shape index (κ1) is 12.5. The molecule has 3 heteroatoms. The number of benzene rings is 1. The van der Waals surface area contributed by atoms with E-state index >= 15 is 0 Å². The fourth-order valence-electron chi connectivity index (χ4n) is 2.89. The van der Waals surface area contributed by atoms with Crippen LogP contribution in [0.1, 0.15) is 54.4 Å². The van der Waals surface area contributed by atoms with Gasteiger partial charge in [-0.25, -0.2) is 0 Å². The Morgan fingerprint density at radius 1 is 1.21 bits per heavy atom. The second-order valence-electron chi connectivity index (χ2n) is 6.10. The minimum atomic E-state index is 0.203. The van der Waals surface area contributed by atoms with Crippen LogP contribution in [0.4, 0.5) is 5.69 Å². The summed E-state index contributed by atoms with van der Waals surface area (Å²) in [5, 5.41) is 0. The molecule has 0 spiro atoms. The number of nitrogen functional groups attached to an aromatic ring is 1. The standard InChI is InChI=1S/C16H22N2O/c1-11-6-8-18(9-7-11)16(19)14-5-4-13(17)10-15(14)12-2-3-12/h4-5,10-12H,2-3,6-9,17H2,1H3. The Morgan fingerprint density at radius 3 is 2.53 bits per heavy atom. The number of anilines is 1. The highest BCUT2D eigenvalue weighted by Gasteiger charge is 2.30. The summed E-state index contributed by atoms with van der Waals surface area (Å²) in [6, 6.07) is 5.77. The number of carbonyl (C=O) groups excluding carboxylic acids is 1. The molecule has 1 heterocycles. The van der Waals surface area contributed by atoms with Crippen LogP contribution in [0.3, 0.4) is 0 Å². The van der Waals surface area contributed by atoms with Gasteiger partial charge >= 0.3 is 0 Å². The number of hydrogen-bond acceptors (Lipinski definition) is 2. The molecule has 19 heavy (non-hydrogen) atoms. The molecule has 0 bridgehead atoms. The molecular weight excluding hydrogens is 236 g/mol. The van der Waals surface area contributed by atoms with Crippen LogP contribution < -0.4 is 5.73 Å². The highest BCUT2D eigenvalue weighted by atomic mass is 16.2. The van der Waals surface area contributed by atoms with Gasteiger partial charge in [0.1, 0.15) is 0 Å². The van der Waals surface area contributed by atoms with Crippen molar-refractivity contribution in [2.24, 2.45) is 5.92 Å². The normalized spacial score (nSPS) is 20.6. The van der Waals surface area contributed by atoms with Crippen LogP contribution in [0.2, 0.25) is 0 Å². The van der Waals surface area contributed by atoms with Crippen molar-refractivity contribution in [1.82, 2.24) is 4.90 Å². The molecule has 0 atom stereocenters. The van der Waals surface area contributed by atoms with Crippen LogP contribution in [-0.4, -0.2) is 23.9 Å². The summed E-state index contributed by atoms with van der Waals surface area (Å²) >= 11 is 0. The Morgan fingerprint density at radius 2 is 1.89 bits per heavy atom. The van der Waals surface area contributed by atoms with Gasteiger partial charge in [0, 0.05) is 24.3 Å². The van der Waals surface area contributed by atoms with E-state index < -0.39 is 0 Å². The van der Waals surface area contributed by atoms with Crippen LogP contribution in [0, 0.1) is 5.92 Å². The molecule has 0 unspecified atom stereocenters. The van der Waals surface area contributed by atoms with Crippen molar-refractivity contribution in [3.63, 3.8) is 0 Å². The van der Waals surface area contributed by atoms with Gasteiger partial charge in [-0.1, -0.05) is 6.92 Å². The highest BCUT2D eigenvalue weighted by Crippen LogP contribution is 2.42. The predicted octanol–water partition coefficient (Wildman–Crippen LogP) is 3.02. The maximum atomic E-state index is 12.7. The van der Waals surface area contributed by atoms with Gasteiger partial charge in [-0.3, -0.25) is 4.79 Å². The zero-order valence-electron chi connectivity index (χ0n) is 11.6. The Kier molecular flexibility index (Phi) is 3.21. The Balaban J connectivity index is 1.83. The number of likely N-dealkylation sites (tertiary alicyclic amines) is 1. The molecule has 1 aliphatic heterocycles. The van der Waals surface area contributed by atoms with E-state index in [4.69, 9.17) is 5.73 Å². The van der Waals surface area contributed by atoms with Gasteiger partial charge in [-0.2, -0.15) is 0 Å². The molecule has 3 rings (SSSR count). The fraction of sp³-hybridized carbons (Fsp3) is 0.562. The van der Waals surface area contributed by atoms with Gasteiger partial charge in [0.25, 0.3) is 5.91 Å². The molecule has 0 aromatic heterocycles. The molecule has 1 aromatic carbocycles. The SMILES string of the molecule is CC1CCN(C(=O)c2ccc(N)cc2C2CC2)CC1. The van der Waals surface area contributed by atoms with Crippen LogP contribution in [0.5, 0.6) is 0 Å². The molecule has 2 N–H and O–H groups in total. The quantitative estimate of drug-likeness (QED) is 0.829. The number of carbonyl (C=O) groups is 1. The molecule has 2 aliphatic rings. The van der Waals surface area contributed by atoms with Crippen LogP contribution >= 0.6 is 0 Å². The molecule has 2 fully saturated rings. The monoisotopic (exact) mass is 258 g/mol. The summed E-state index contributed by atoms with van der Waals surface area (Å²) < 4.78 is 0. The molecule has 1 aromatic rings. The largest absolute Gasteiger partial charge is 0.399 e. The minimum Gasteiger partial charge on any atom is -0.399 e. The fourth-order valence-corrected chi connectivity index (χ4v) is 2.89. The number of nitrogens with zero attached hydrogens (tertiary/aromatic N) is 1. The molecule has 1 aliphatic carbocycles. The summed E-state index contributed by atoms with van der Waals surface area (Å²) in [4.78, 5) is 14.7. The molecule has 3 nitrogen and oxygen atoms in total. The summed E-state index contributed by atoms with van der Waals surface area (Å²) in [6.45, 7) is 4.06. The van der Waals surface area contributed by atoms with Gasteiger partial charge in [0.15, 0.2) is 0 Å². The van der Waals surface area contributed by atoms with E-state index in [-0.39, 0.29) is 5.91 Å². The number of piperidine rings is 1. The van der Waals surface area contributed by atoms with Crippen molar-refractivity contribution >= 4 is 11.6 Å². The number of nitrogens with two attached hydrogens (primary N) is 1. The third-order valence-corrected chi connectivity index (χ3v) is 4.39. The Hall–Kier alpha value is -1.51. The van der Waals surface area contributed by atoms with Crippen molar-refractivity contribution in [2.75, 3.05) is 18.8 Å². The van der Waals surface area contributed by atoms with E-state index in [0.717, 1.165) is 43.1 Å². The molecule has 102 valence electrons. The van der Waals surface area contributed by atoms with E-state index in [2.05, 4.69) is 6.92 Å². The van der Waals surface area contributed by atoms with Gasteiger partial charge < -0.3 is 10.6 Å². The van der Waals surface area contributed by atoms with Gasteiger partial charge in [0.05, 0.1) is 0 Å². The van der Waals surface area contributed by atoms with Crippen LogP contribution in [0.25, 0.3) is 0 Å². The van der Waals surface area contributed by atoms with Crippen molar-refractivity contribution in [3.8, 4) is 0 Å². The number of amides is 1. The average Bonchev–Trinajstić information content (AvgIpc) is 3.23. The average molecular weight is 258 g/mol. The first-order chi connectivity index (χ1) is 9.15. The lowest BCUT2D eigenvalue weighted by molar-refractivity contribution is 0.0696. The molecular formula is C16H22N2O. The van der Waals surface area contributed by atoms with E-state index in [1.807, 2.05) is 23.1 Å². The second-order valence-corrected chi connectivity index (χ2v) is 6.10. The predicted molar refractivity (Wildman–Crippen MR) is 77.1 cm³/mol. The molecule has 1 saturated heterocycles. The van der Waals surface area contributed by atoms with Crippen molar-refractivity contribution < 1.29 is 4.79 Å². The van der Waals surface area contributed by atoms with E-state index in [1.165, 1.54) is 18.4 Å². The summed E-state index contributed by atoms with van der Waals surface area (Å²) in [7, 11) is 0. The first-order valence-corrected chi connectivity index (χ1v) is 7.34.